The van der Waals surface area contributed by atoms with E-state index in [0.29, 0.717) is 24.5 Å². The Bertz CT molecular complexity index is 976. The molecule has 4 N–H and O–H groups in total. The van der Waals surface area contributed by atoms with Gasteiger partial charge in [0.1, 0.15) is 11.7 Å². The summed E-state index contributed by atoms with van der Waals surface area (Å²) in [6.07, 6.45) is 0. The fourth-order valence-electron chi connectivity index (χ4n) is 3.22. The van der Waals surface area contributed by atoms with E-state index in [1.807, 2.05) is 53.1 Å². The maximum absolute atomic E-state index is 12.5. The summed E-state index contributed by atoms with van der Waals surface area (Å²) in [7, 11) is 0. The van der Waals surface area contributed by atoms with Crippen LogP contribution in [0.2, 0.25) is 0 Å². The highest BCUT2D eigenvalue weighted by molar-refractivity contribution is 6.02. The number of nitrogens with two attached hydrogens (primary N) is 1. The molecule has 4 rings (SSSR count). The summed E-state index contributed by atoms with van der Waals surface area (Å²) in [4.78, 5) is 24.9. The highest BCUT2D eigenvalue weighted by atomic mass is 16.2. The van der Waals surface area contributed by atoms with Gasteiger partial charge in [-0.2, -0.15) is 0 Å². The Morgan fingerprint density at radius 1 is 1.20 bits per heavy atom. The van der Waals surface area contributed by atoms with Crippen molar-refractivity contribution in [2.24, 2.45) is 0 Å². The molecule has 0 aliphatic carbocycles. The first-order chi connectivity index (χ1) is 12.1. The van der Waals surface area contributed by atoms with Crippen LogP contribution in [0.3, 0.4) is 0 Å². The minimum atomic E-state index is -0.600. The molecule has 0 bridgehead atoms. The third-order valence-corrected chi connectivity index (χ3v) is 4.45. The van der Waals surface area contributed by atoms with Crippen LogP contribution in [0, 0.1) is 0 Å². The number of hydrogen-bond acceptors (Lipinski definition) is 3. The topological polar surface area (TPSA) is 89.2 Å². The van der Waals surface area contributed by atoms with E-state index in [9.17, 15) is 9.59 Å². The largest absolute Gasteiger partial charge is 0.399 e. The molecule has 0 saturated heterocycles. The molecule has 0 spiro atoms. The highest BCUT2D eigenvalue weighted by Crippen LogP contribution is 2.22. The third kappa shape index (κ3) is 2.82. The number of carbonyl (C=O) groups is 2. The van der Waals surface area contributed by atoms with Gasteiger partial charge in [0, 0.05) is 23.1 Å². The van der Waals surface area contributed by atoms with Crippen LogP contribution in [0.5, 0.6) is 0 Å². The van der Waals surface area contributed by atoms with Gasteiger partial charge in [-0.25, -0.2) is 0 Å². The normalized spacial score (nSPS) is 16.3. The minimum absolute atomic E-state index is 0.209. The van der Waals surface area contributed by atoms with Gasteiger partial charge in [-0.15, -0.1) is 0 Å². The van der Waals surface area contributed by atoms with Crippen LogP contribution >= 0.6 is 0 Å². The molecule has 2 amide bonds. The Hall–Kier alpha value is -3.28. The summed E-state index contributed by atoms with van der Waals surface area (Å²) in [5, 5.41) is 6.64. The molecular formula is C19H18N4O2. The third-order valence-electron chi connectivity index (χ3n) is 4.45. The molecule has 1 atom stereocenters. The highest BCUT2D eigenvalue weighted by Gasteiger charge is 2.30. The standard InChI is InChI=1S/C19H18N4O2/c20-14-6-3-4-12(8-14)10-21-18(24)15-11-23-16-7-2-1-5-13(16)9-17(23)19(25)22-15/h1-9,15H,10-11,20H2,(H,21,24)(H,22,25)/t15-/m0/s1. The number of nitrogens with one attached hydrogen (secondary N) is 2. The van der Waals surface area contributed by atoms with Crippen molar-refractivity contribution in [2.45, 2.75) is 19.1 Å². The van der Waals surface area contributed by atoms with Crippen molar-refractivity contribution in [3.05, 3.63) is 65.9 Å². The average Bonchev–Trinajstić information content (AvgIpc) is 2.99. The van der Waals surface area contributed by atoms with Crippen molar-refractivity contribution in [3.8, 4) is 0 Å². The van der Waals surface area contributed by atoms with Crippen LogP contribution in [0.25, 0.3) is 10.9 Å². The molecule has 6 heteroatoms. The molecule has 0 fully saturated rings. The first-order valence-electron chi connectivity index (χ1n) is 8.13. The number of rotatable bonds is 3. The van der Waals surface area contributed by atoms with Gasteiger partial charge in [0.15, 0.2) is 0 Å². The molecule has 126 valence electrons. The molecule has 6 nitrogen and oxygen atoms in total. The van der Waals surface area contributed by atoms with E-state index in [1.165, 1.54) is 0 Å². The van der Waals surface area contributed by atoms with E-state index in [4.69, 9.17) is 5.73 Å². The molecule has 1 aromatic heterocycles. The fourth-order valence-corrected chi connectivity index (χ4v) is 3.22. The van der Waals surface area contributed by atoms with E-state index < -0.39 is 6.04 Å². The summed E-state index contributed by atoms with van der Waals surface area (Å²) >= 11 is 0. The second-order valence-corrected chi connectivity index (χ2v) is 6.19. The lowest BCUT2D eigenvalue weighted by Crippen LogP contribution is -2.52. The van der Waals surface area contributed by atoms with E-state index in [-0.39, 0.29) is 11.8 Å². The maximum atomic E-state index is 12.5. The van der Waals surface area contributed by atoms with Crippen LogP contribution in [0.15, 0.2) is 54.6 Å². The van der Waals surface area contributed by atoms with Gasteiger partial charge in [-0.3, -0.25) is 9.59 Å². The quantitative estimate of drug-likeness (QED) is 0.636. The SMILES string of the molecule is Nc1cccc(CNC(=O)[C@@H]2Cn3c(cc4ccccc43)C(=O)N2)c1. The van der Waals surface area contributed by atoms with Gasteiger partial charge >= 0.3 is 0 Å². The first-order valence-corrected chi connectivity index (χ1v) is 8.13. The van der Waals surface area contributed by atoms with Gasteiger partial charge in [0.2, 0.25) is 5.91 Å². The zero-order valence-corrected chi connectivity index (χ0v) is 13.5. The van der Waals surface area contributed by atoms with Crippen molar-refractivity contribution in [3.63, 3.8) is 0 Å². The Morgan fingerprint density at radius 3 is 2.88 bits per heavy atom. The number of benzene rings is 2. The molecule has 0 radical (unpaired) electrons. The van der Waals surface area contributed by atoms with Gasteiger partial charge in [0.25, 0.3) is 5.91 Å². The van der Waals surface area contributed by atoms with Crippen molar-refractivity contribution in [1.82, 2.24) is 15.2 Å². The van der Waals surface area contributed by atoms with Crippen LogP contribution in [-0.2, 0) is 17.9 Å². The molecule has 0 unspecified atom stereocenters. The number of para-hydroxylation sites is 1. The summed E-state index contributed by atoms with van der Waals surface area (Å²) < 4.78 is 1.90. The maximum Gasteiger partial charge on any atom is 0.268 e. The lowest BCUT2D eigenvalue weighted by atomic mass is 10.1. The van der Waals surface area contributed by atoms with Crippen LogP contribution in [0.1, 0.15) is 16.1 Å². The van der Waals surface area contributed by atoms with Crippen molar-refractivity contribution >= 4 is 28.4 Å². The van der Waals surface area contributed by atoms with Gasteiger partial charge in [-0.05, 0) is 29.8 Å². The predicted octanol–water partition coefficient (Wildman–Crippen LogP) is 1.65. The van der Waals surface area contributed by atoms with Gasteiger partial charge < -0.3 is 20.9 Å². The number of amides is 2. The zero-order valence-electron chi connectivity index (χ0n) is 13.5. The summed E-state index contributed by atoms with van der Waals surface area (Å²) in [6, 6.07) is 16.4. The predicted molar refractivity (Wildman–Crippen MR) is 95.9 cm³/mol. The van der Waals surface area contributed by atoms with Crippen molar-refractivity contribution < 1.29 is 9.59 Å². The van der Waals surface area contributed by atoms with Gasteiger partial charge in [-0.1, -0.05) is 30.3 Å². The van der Waals surface area contributed by atoms with Crippen LogP contribution in [0.4, 0.5) is 5.69 Å². The Kier molecular flexibility index (Phi) is 3.65. The Balaban J connectivity index is 1.52. The van der Waals surface area contributed by atoms with Gasteiger partial charge in [0.05, 0.1) is 6.54 Å². The number of fused-ring (bicyclic) bond motifs is 3. The summed E-state index contributed by atoms with van der Waals surface area (Å²) in [6.45, 7) is 0.785. The van der Waals surface area contributed by atoms with Crippen LogP contribution in [-0.4, -0.2) is 22.4 Å². The molecular weight excluding hydrogens is 316 g/mol. The monoisotopic (exact) mass is 334 g/mol. The fraction of sp³-hybridized carbons (Fsp3) is 0.158. The summed E-state index contributed by atoms with van der Waals surface area (Å²) in [5.74, 6) is -0.439. The number of carbonyl (C=O) groups excluding carboxylic acids is 2. The minimum Gasteiger partial charge on any atom is -0.399 e. The number of anilines is 1. The van der Waals surface area contributed by atoms with E-state index in [2.05, 4.69) is 10.6 Å². The second-order valence-electron chi connectivity index (χ2n) is 6.19. The van der Waals surface area contributed by atoms with E-state index in [1.54, 1.807) is 6.07 Å². The Morgan fingerprint density at radius 2 is 2.04 bits per heavy atom. The molecule has 0 saturated carbocycles. The van der Waals surface area contributed by atoms with Crippen molar-refractivity contribution in [2.75, 3.05) is 5.73 Å². The number of hydrogen-bond donors (Lipinski definition) is 3. The summed E-state index contributed by atoms with van der Waals surface area (Å²) in [5.41, 5.74) is 8.86. The van der Waals surface area contributed by atoms with Crippen LogP contribution < -0.4 is 16.4 Å². The van der Waals surface area contributed by atoms with E-state index >= 15 is 0 Å². The molecule has 1 aliphatic rings. The average molecular weight is 334 g/mol. The zero-order chi connectivity index (χ0) is 17.4. The smallest absolute Gasteiger partial charge is 0.268 e. The molecule has 1 aliphatic heterocycles. The van der Waals surface area contributed by atoms with Crippen molar-refractivity contribution in [1.29, 1.82) is 0 Å². The van der Waals surface area contributed by atoms with E-state index in [0.717, 1.165) is 16.5 Å². The molecule has 3 aromatic rings. The second kappa shape index (κ2) is 5.98. The number of nitrogens with zero attached hydrogens (tertiary/aromatic N) is 1. The number of aromatic nitrogens is 1. The first kappa shape index (κ1) is 15.3. The molecule has 2 aromatic carbocycles. The number of nitrogen functional groups attached to an aromatic ring is 1. The molecule has 25 heavy (non-hydrogen) atoms. The molecule has 2 heterocycles. The lowest BCUT2D eigenvalue weighted by molar-refractivity contribution is -0.123. The Labute approximate surface area is 144 Å². The lowest BCUT2D eigenvalue weighted by Gasteiger charge is -2.25.